The molecular formula is C11H12N4O. The third kappa shape index (κ3) is 1.49. The van der Waals surface area contributed by atoms with Crippen LogP contribution >= 0.6 is 0 Å². The average Bonchev–Trinajstić information content (AvgIpc) is 2.76. The van der Waals surface area contributed by atoms with E-state index in [2.05, 4.69) is 15.1 Å². The minimum Gasteiger partial charge on any atom is -0.385 e. The number of aromatic nitrogens is 4. The first-order valence-corrected chi connectivity index (χ1v) is 5.39. The van der Waals surface area contributed by atoms with Crippen molar-refractivity contribution in [1.29, 1.82) is 0 Å². The van der Waals surface area contributed by atoms with Gasteiger partial charge in [0.2, 0.25) is 0 Å². The Hall–Kier alpha value is -1.75. The Morgan fingerprint density at radius 3 is 3.06 bits per heavy atom. The highest BCUT2D eigenvalue weighted by Gasteiger charge is 2.22. The smallest absolute Gasteiger partial charge is 0.200 e. The van der Waals surface area contributed by atoms with Crippen molar-refractivity contribution in [3.63, 3.8) is 0 Å². The van der Waals surface area contributed by atoms with Gasteiger partial charge in [-0.15, -0.1) is 5.10 Å². The Morgan fingerprint density at radius 2 is 2.31 bits per heavy atom. The Labute approximate surface area is 92.8 Å². The van der Waals surface area contributed by atoms with E-state index in [-0.39, 0.29) is 0 Å². The summed E-state index contributed by atoms with van der Waals surface area (Å²) in [5, 5.41) is 14.1. The molecule has 2 aromatic heterocycles. The SMILES string of the molecule is OC1CCCn2nc(-c3ccccn3)nc21. The third-order valence-corrected chi connectivity index (χ3v) is 2.74. The fourth-order valence-corrected chi connectivity index (χ4v) is 1.93. The van der Waals surface area contributed by atoms with Crippen molar-refractivity contribution in [2.45, 2.75) is 25.5 Å². The van der Waals surface area contributed by atoms with E-state index < -0.39 is 6.10 Å². The maximum atomic E-state index is 9.78. The fourth-order valence-electron chi connectivity index (χ4n) is 1.93. The highest BCUT2D eigenvalue weighted by Crippen LogP contribution is 2.24. The molecule has 1 atom stereocenters. The molecule has 0 bridgehead atoms. The van der Waals surface area contributed by atoms with Crippen LogP contribution in [0.3, 0.4) is 0 Å². The number of aliphatic hydroxyl groups is 1. The molecule has 0 radical (unpaired) electrons. The van der Waals surface area contributed by atoms with Gasteiger partial charge in [0.05, 0.1) is 0 Å². The van der Waals surface area contributed by atoms with E-state index in [1.165, 1.54) is 0 Å². The number of hydrogen-bond acceptors (Lipinski definition) is 4. The summed E-state index contributed by atoms with van der Waals surface area (Å²) in [5.74, 6) is 1.25. The van der Waals surface area contributed by atoms with Gasteiger partial charge >= 0.3 is 0 Å². The van der Waals surface area contributed by atoms with Crippen molar-refractivity contribution < 1.29 is 5.11 Å². The van der Waals surface area contributed by atoms with Gasteiger partial charge in [0.1, 0.15) is 11.8 Å². The molecule has 5 nitrogen and oxygen atoms in total. The van der Waals surface area contributed by atoms with E-state index in [1.54, 1.807) is 10.9 Å². The minimum atomic E-state index is -0.487. The predicted octanol–water partition coefficient (Wildman–Crippen LogP) is 1.17. The first-order valence-electron chi connectivity index (χ1n) is 5.39. The molecule has 16 heavy (non-hydrogen) atoms. The highest BCUT2D eigenvalue weighted by atomic mass is 16.3. The lowest BCUT2D eigenvalue weighted by molar-refractivity contribution is 0.130. The van der Waals surface area contributed by atoms with Crippen molar-refractivity contribution in [2.75, 3.05) is 0 Å². The van der Waals surface area contributed by atoms with Gasteiger partial charge in [0, 0.05) is 12.7 Å². The Kier molecular flexibility index (Phi) is 2.18. The molecule has 2 aromatic rings. The number of aryl methyl sites for hydroxylation is 1. The lowest BCUT2D eigenvalue weighted by atomic mass is 10.1. The van der Waals surface area contributed by atoms with Gasteiger partial charge in [-0.25, -0.2) is 9.67 Å². The van der Waals surface area contributed by atoms with Crippen LogP contribution in [0.5, 0.6) is 0 Å². The largest absolute Gasteiger partial charge is 0.385 e. The summed E-state index contributed by atoms with van der Waals surface area (Å²) in [6.07, 6.45) is 2.93. The summed E-state index contributed by atoms with van der Waals surface area (Å²) in [5.41, 5.74) is 0.747. The van der Waals surface area contributed by atoms with Crippen LogP contribution in [0.4, 0.5) is 0 Å². The Morgan fingerprint density at radius 1 is 1.38 bits per heavy atom. The zero-order chi connectivity index (χ0) is 11.0. The van der Waals surface area contributed by atoms with Crippen LogP contribution < -0.4 is 0 Å². The number of pyridine rings is 1. The van der Waals surface area contributed by atoms with Gasteiger partial charge < -0.3 is 5.11 Å². The fraction of sp³-hybridized carbons (Fsp3) is 0.364. The molecule has 1 unspecified atom stereocenters. The van der Waals surface area contributed by atoms with Crippen LogP contribution in [0, 0.1) is 0 Å². The van der Waals surface area contributed by atoms with Crippen LogP contribution in [0.1, 0.15) is 24.8 Å². The van der Waals surface area contributed by atoms with Gasteiger partial charge in [-0.3, -0.25) is 4.98 Å². The average molecular weight is 216 g/mol. The normalized spacial score (nSPS) is 19.4. The summed E-state index contributed by atoms with van der Waals surface area (Å²) in [6, 6.07) is 5.63. The zero-order valence-electron chi connectivity index (χ0n) is 8.74. The first-order chi connectivity index (χ1) is 7.84. The number of aliphatic hydroxyl groups excluding tert-OH is 1. The molecule has 0 spiro atoms. The number of nitrogens with zero attached hydrogens (tertiary/aromatic N) is 4. The molecule has 1 N–H and O–H groups in total. The molecule has 3 heterocycles. The molecule has 0 saturated carbocycles. The molecule has 1 aliphatic rings. The predicted molar refractivity (Wildman–Crippen MR) is 57.4 cm³/mol. The number of rotatable bonds is 1. The maximum Gasteiger partial charge on any atom is 0.200 e. The van der Waals surface area contributed by atoms with Crippen molar-refractivity contribution in [3.05, 3.63) is 30.2 Å². The first kappa shape index (κ1) is 9.47. The molecule has 0 fully saturated rings. The molecule has 5 heteroatoms. The van der Waals surface area contributed by atoms with Crippen LogP contribution in [0.25, 0.3) is 11.5 Å². The molecular weight excluding hydrogens is 204 g/mol. The van der Waals surface area contributed by atoms with Gasteiger partial charge in [0.15, 0.2) is 11.6 Å². The van der Waals surface area contributed by atoms with Crippen molar-refractivity contribution >= 4 is 0 Å². The maximum absolute atomic E-state index is 9.78. The van der Waals surface area contributed by atoms with Crippen molar-refractivity contribution in [1.82, 2.24) is 19.7 Å². The second-order valence-corrected chi connectivity index (χ2v) is 3.89. The van der Waals surface area contributed by atoms with Gasteiger partial charge in [-0.1, -0.05) is 6.07 Å². The summed E-state index contributed by atoms with van der Waals surface area (Å²) in [6.45, 7) is 0.826. The molecule has 0 amide bonds. The second-order valence-electron chi connectivity index (χ2n) is 3.89. The van der Waals surface area contributed by atoms with Crippen LogP contribution in [0.15, 0.2) is 24.4 Å². The quantitative estimate of drug-likeness (QED) is 0.777. The second kappa shape index (κ2) is 3.68. The standard InChI is InChI=1S/C11H12N4O/c16-9-5-3-7-15-11(9)13-10(14-15)8-4-1-2-6-12-8/h1-2,4,6,9,16H,3,5,7H2. The molecule has 0 aliphatic carbocycles. The summed E-state index contributed by atoms with van der Waals surface area (Å²) >= 11 is 0. The lowest BCUT2D eigenvalue weighted by Crippen LogP contribution is -2.16. The molecule has 3 rings (SSSR count). The summed E-state index contributed by atoms with van der Waals surface area (Å²) in [4.78, 5) is 8.54. The zero-order valence-corrected chi connectivity index (χ0v) is 8.74. The van der Waals surface area contributed by atoms with Crippen LogP contribution in [-0.4, -0.2) is 24.9 Å². The third-order valence-electron chi connectivity index (χ3n) is 2.74. The monoisotopic (exact) mass is 216 g/mol. The van der Waals surface area contributed by atoms with Crippen molar-refractivity contribution in [3.8, 4) is 11.5 Å². The molecule has 0 saturated heterocycles. The van der Waals surface area contributed by atoms with E-state index in [0.29, 0.717) is 11.6 Å². The molecule has 1 aliphatic heterocycles. The number of fused-ring (bicyclic) bond motifs is 1. The minimum absolute atomic E-state index is 0.487. The highest BCUT2D eigenvalue weighted by molar-refractivity contribution is 5.47. The van der Waals surface area contributed by atoms with E-state index in [4.69, 9.17) is 0 Å². The summed E-state index contributed by atoms with van der Waals surface area (Å²) in [7, 11) is 0. The van der Waals surface area contributed by atoms with E-state index in [1.807, 2.05) is 18.2 Å². The molecule has 0 aromatic carbocycles. The van der Waals surface area contributed by atoms with Crippen LogP contribution in [-0.2, 0) is 6.54 Å². The Bertz CT molecular complexity index is 494. The van der Waals surface area contributed by atoms with Gasteiger partial charge in [-0.05, 0) is 25.0 Å². The Balaban J connectivity index is 2.05. The van der Waals surface area contributed by atoms with E-state index in [0.717, 1.165) is 25.1 Å². The summed E-state index contributed by atoms with van der Waals surface area (Å²) < 4.78 is 1.78. The van der Waals surface area contributed by atoms with Gasteiger partial charge in [-0.2, -0.15) is 0 Å². The lowest BCUT2D eigenvalue weighted by Gasteiger charge is -2.16. The van der Waals surface area contributed by atoms with Gasteiger partial charge in [0.25, 0.3) is 0 Å². The van der Waals surface area contributed by atoms with E-state index in [9.17, 15) is 5.11 Å². The van der Waals surface area contributed by atoms with E-state index >= 15 is 0 Å². The van der Waals surface area contributed by atoms with Crippen molar-refractivity contribution in [2.24, 2.45) is 0 Å². The number of hydrogen-bond donors (Lipinski definition) is 1. The topological polar surface area (TPSA) is 63.8 Å². The molecule has 82 valence electrons. The van der Waals surface area contributed by atoms with Crippen LogP contribution in [0.2, 0.25) is 0 Å².